The normalized spacial score (nSPS) is 30.8. The number of ether oxygens (including phenoxy) is 2. The molecule has 0 bridgehead atoms. The van der Waals surface area contributed by atoms with Crippen molar-refractivity contribution in [1.82, 2.24) is 10.2 Å². The van der Waals surface area contributed by atoms with Crippen molar-refractivity contribution < 1.29 is 14.3 Å². The molecule has 1 N–H and O–H groups in total. The molecule has 0 aromatic heterocycles. The predicted molar refractivity (Wildman–Crippen MR) is 91.6 cm³/mol. The molecule has 2 fully saturated rings. The molecule has 2 aliphatic heterocycles. The van der Waals surface area contributed by atoms with Crippen molar-refractivity contribution in [2.24, 2.45) is 5.92 Å². The van der Waals surface area contributed by atoms with Crippen molar-refractivity contribution in [3.8, 4) is 0 Å². The van der Waals surface area contributed by atoms with Gasteiger partial charge in [0.25, 0.3) is 0 Å². The predicted octanol–water partition coefficient (Wildman–Crippen LogP) is 3.18. The summed E-state index contributed by atoms with van der Waals surface area (Å²) >= 11 is 0. The van der Waals surface area contributed by atoms with E-state index in [1.807, 2.05) is 25.7 Å². The van der Waals surface area contributed by atoms with Crippen LogP contribution in [-0.4, -0.2) is 54.5 Å². The second-order valence-corrected chi connectivity index (χ2v) is 8.48. The number of piperidine rings is 1. The monoisotopic (exact) mass is 326 g/mol. The van der Waals surface area contributed by atoms with Gasteiger partial charge in [-0.2, -0.15) is 0 Å². The lowest BCUT2D eigenvalue weighted by atomic mass is 9.87. The van der Waals surface area contributed by atoms with E-state index in [1.54, 1.807) is 0 Å². The van der Waals surface area contributed by atoms with Crippen LogP contribution in [0.5, 0.6) is 0 Å². The van der Waals surface area contributed by atoms with Gasteiger partial charge in [-0.15, -0.1) is 0 Å². The lowest BCUT2D eigenvalue weighted by molar-refractivity contribution is 0.00554. The molecule has 2 rings (SSSR count). The molecule has 2 heterocycles. The fourth-order valence-electron chi connectivity index (χ4n) is 3.63. The van der Waals surface area contributed by atoms with Gasteiger partial charge in [-0.3, -0.25) is 0 Å². The van der Waals surface area contributed by atoms with Gasteiger partial charge in [0.15, 0.2) is 0 Å². The molecule has 0 aromatic rings. The number of hydrogen-bond acceptors (Lipinski definition) is 4. The molecule has 2 saturated heterocycles. The first kappa shape index (κ1) is 18.5. The smallest absolute Gasteiger partial charge is 0.410 e. The van der Waals surface area contributed by atoms with E-state index in [0.717, 1.165) is 52.0 Å². The van der Waals surface area contributed by atoms with E-state index in [0.29, 0.717) is 12.0 Å². The van der Waals surface area contributed by atoms with Crippen LogP contribution in [0.2, 0.25) is 0 Å². The first-order valence-electron chi connectivity index (χ1n) is 9.02. The molecule has 0 saturated carbocycles. The number of carbonyl (C=O) groups excluding carboxylic acids is 1. The molecule has 134 valence electrons. The summed E-state index contributed by atoms with van der Waals surface area (Å²) in [6.07, 6.45) is 4.29. The summed E-state index contributed by atoms with van der Waals surface area (Å²) in [6, 6.07) is 0.368. The van der Waals surface area contributed by atoms with Crippen molar-refractivity contribution in [2.45, 2.75) is 77.5 Å². The molecule has 0 radical (unpaired) electrons. The van der Waals surface area contributed by atoms with E-state index in [9.17, 15) is 4.79 Å². The van der Waals surface area contributed by atoms with Gasteiger partial charge in [0.05, 0.1) is 6.61 Å². The maximum atomic E-state index is 12.3. The van der Waals surface area contributed by atoms with Crippen molar-refractivity contribution >= 4 is 6.09 Å². The van der Waals surface area contributed by atoms with Gasteiger partial charge in [-0.25, -0.2) is 4.79 Å². The highest BCUT2D eigenvalue weighted by atomic mass is 16.6. The van der Waals surface area contributed by atoms with Crippen LogP contribution >= 0.6 is 0 Å². The second-order valence-electron chi connectivity index (χ2n) is 8.48. The van der Waals surface area contributed by atoms with E-state index in [-0.39, 0.29) is 11.6 Å². The first-order valence-corrected chi connectivity index (χ1v) is 9.02. The van der Waals surface area contributed by atoms with Crippen LogP contribution in [-0.2, 0) is 9.47 Å². The highest BCUT2D eigenvalue weighted by molar-refractivity contribution is 5.68. The topological polar surface area (TPSA) is 50.8 Å². The molecule has 3 unspecified atom stereocenters. The Bertz CT molecular complexity index is 400. The third-order valence-corrected chi connectivity index (χ3v) is 4.83. The second kappa shape index (κ2) is 7.39. The minimum absolute atomic E-state index is 0.0614. The minimum Gasteiger partial charge on any atom is -0.444 e. The zero-order chi connectivity index (χ0) is 17.1. The van der Waals surface area contributed by atoms with Gasteiger partial charge < -0.3 is 19.7 Å². The number of likely N-dealkylation sites (tertiary alicyclic amines) is 1. The van der Waals surface area contributed by atoms with E-state index in [2.05, 4.69) is 19.2 Å². The molecule has 23 heavy (non-hydrogen) atoms. The summed E-state index contributed by atoms with van der Waals surface area (Å²) in [5.74, 6) is 0.468. The van der Waals surface area contributed by atoms with E-state index < -0.39 is 5.60 Å². The standard InChI is InChI=1S/C18H34N2O3/c1-14(19-18(5)9-7-11-22-13-18)15-8-6-10-20(12-15)16(21)23-17(2,3)4/h14-15,19H,6-13H2,1-5H3. The fourth-order valence-corrected chi connectivity index (χ4v) is 3.63. The molecule has 5 heteroatoms. The Kier molecular flexibility index (Phi) is 5.95. The van der Waals surface area contributed by atoms with Crippen LogP contribution in [0.1, 0.15) is 60.3 Å². The number of nitrogens with zero attached hydrogens (tertiary/aromatic N) is 1. The number of nitrogens with one attached hydrogen (secondary N) is 1. The lowest BCUT2D eigenvalue weighted by Crippen LogP contribution is -2.56. The molecule has 0 spiro atoms. The number of carbonyl (C=O) groups is 1. The van der Waals surface area contributed by atoms with E-state index in [4.69, 9.17) is 9.47 Å². The van der Waals surface area contributed by atoms with Crippen LogP contribution in [0.3, 0.4) is 0 Å². The first-order chi connectivity index (χ1) is 10.7. The fraction of sp³-hybridized carbons (Fsp3) is 0.944. The highest BCUT2D eigenvalue weighted by Gasteiger charge is 2.34. The SMILES string of the molecule is CC(NC1(C)CCCOC1)C1CCCN(C(=O)OC(C)(C)C)C1. The molecular formula is C18H34N2O3. The molecule has 0 aromatic carbocycles. The summed E-state index contributed by atoms with van der Waals surface area (Å²) in [6.45, 7) is 13.5. The number of amides is 1. The van der Waals surface area contributed by atoms with Crippen molar-refractivity contribution in [3.05, 3.63) is 0 Å². The molecule has 5 nitrogen and oxygen atoms in total. The van der Waals surface area contributed by atoms with Crippen LogP contribution in [0.15, 0.2) is 0 Å². The third-order valence-electron chi connectivity index (χ3n) is 4.83. The Labute approximate surface area is 141 Å². The summed E-state index contributed by atoms with van der Waals surface area (Å²) in [5, 5.41) is 3.77. The number of rotatable bonds is 3. The maximum Gasteiger partial charge on any atom is 0.410 e. The maximum absolute atomic E-state index is 12.3. The molecule has 3 atom stereocenters. The van der Waals surface area contributed by atoms with Gasteiger partial charge in [0.1, 0.15) is 5.60 Å². The quantitative estimate of drug-likeness (QED) is 0.865. The average molecular weight is 326 g/mol. The summed E-state index contributed by atoms with van der Waals surface area (Å²) in [7, 11) is 0. The Hall–Kier alpha value is -0.810. The van der Waals surface area contributed by atoms with Gasteiger partial charge in [0, 0.05) is 31.3 Å². The van der Waals surface area contributed by atoms with Crippen LogP contribution in [0.25, 0.3) is 0 Å². The Morgan fingerprint density at radius 2 is 2.13 bits per heavy atom. The molecule has 0 aliphatic carbocycles. The molecular weight excluding hydrogens is 292 g/mol. The molecule has 1 amide bonds. The zero-order valence-corrected chi connectivity index (χ0v) is 15.5. The van der Waals surface area contributed by atoms with Gasteiger partial charge >= 0.3 is 6.09 Å². The summed E-state index contributed by atoms with van der Waals surface area (Å²) in [5.41, 5.74) is -0.368. The Morgan fingerprint density at radius 3 is 2.74 bits per heavy atom. The largest absolute Gasteiger partial charge is 0.444 e. The third kappa shape index (κ3) is 5.64. The minimum atomic E-state index is -0.430. The Balaban J connectivity index is 1.88. The summed E-state index contributed by atoms with van der Waals surface area (Å²) in [4.78, 5) is 14.2. The van der Waals surface area contributed by atoms with E-state index in [1.165, 1.54) is 0 Å². The lowest BCUT2D eigenvalue weighted by Gasteiger charge is -2.42. The Morgan fingerprint density at radius 1 is 1.39 bits per heavy atom. The van der Waals surface area contributed by atoms with E-state index >= 15 is 0 Å². The van der Waals surface area contributed by atoms with Crippen LogP contribution < -0.4 is 5.32 Å². The van der Waals surface area contributed by atoms with Crippen LogP contribution in [0, 0.1) is 5.92 Å². The van der Waals surface area contributed by atoms with Gasteiger partial charge in [-0.05, 0) is 66.2 Å². The van der Waals surface area contributed by atoms with Gasteiger partial charge in [-0.1, -0.05) is 0 Å². The highest BCUT2D eigenvalue weighted by Crippen LogP contribution is 2.25. The van der Waals surface area contributed by atoms with Crippen LogP contribution in [0.4, 0.5) is 4.79 Å². The van der Waals surface area contributed by atoms with Gasteiger partial charge in [0.2, 0.25) is 0 Å². The number of hydrogen-bond donors (Lipinski definition) is 1. The molecule has 2 aliphatic rings. The average Bonchev–Trinajstić information content (AvgIpc) is 2.46. The van der Waals surface area contributed by atoms with Crippen molar-refractivity contribution in [1.29, 1.82) is 0 Å². The zero-order valence-electron chi connectivity index (χ0n) is 15.5. The summed E-state index contributed by atoms with van der Waals surface area (Å²) < 4.78 is 11.2. The van der Waals surface area contributed by atoms with Crippen molar-refractivity contribution in [2.75, 3.05) is 26.3 Å². The van der Waals surface area contributed by atoms with Crippen molar-refractivity contribution in [3.63, 3.8) is 0 Å².